The summed E-state index contributed by atoms with van der Waals surface area (Å²) < 4.78 is 0. The largest absolute Gasteiger partial charge is 0.504 e. The predicted molar refractivity (Wildman–Crippen MR) is 74.5 cm³/mol. The van der Waals surface area contributed by atoms with Crippen molar-refractivity contribution < 1.29 is 15.0 Å². The summed E-state index contributed by atoms with van der Waals surface area (Å²) in [7, 11) is 0. The number of hydrogen-bond acceptors (Lipinski definition) is 3. The number of amides is 1. The number of carbonyl (C=O) groups is 1. The van der Waals surface area contributed by atoms with Crippen LogP contribution in [0.25, 0.3) is 10.8 Å². The summed E-state index contributed by atoms with van der Waals surface area (Å²) in [6.45, 7) is 2.73. The summed E-state index contributed by atoms with van der Waals surface area (Å²) in [4.78, 5) is 11.9. The van der Waals surface area contributed by atoms with Gasteiger partial charge in [-0.3, -0.25) is 4.79 Å². The standard InChI is InChI=1S/C15H17NO3/c1-2-3-6-16-15(19)11-5-4-10-8-13(17)14(18)9-12(10)7-11/h4-5,7-9,17-18H,2-3,6H2,1H3,(H,16,19). The van der Waals surface area contributed by atoms with Gasteiger partial charge in [-0.2, -0.15) is 0 Å². The summed E-state index contributed by atoms with van der Waals surface area (Å²) in [5, 5.41) is 23.2. The Hall–Kier alpha value is -2.23. The number of benzene rings is 2. The van der Waals surface area contributed by atoms with Crippen LogP contribution in [-0.2, 0) is 0 Å². The molecule has 0 fully saturated rings. The number of aromatic hydroxyl groups is 2. The molecular formula is C15H17NO3. The number of nitrogens with one attached hydrogen (secondary N) is 1. The summed E-state index contributed by atoms with van der Waals surface area (Å²) >= 11 is 0. The number of carbonyl (C=O) groups excluding carboxylic acids is 1. The topological polar surface area (TPSA) is 69.6 Å². The van der Waals surface area contributed by atoms with E-state index >= 15 is 0 Å². The Balaban J connectivity index is 2.26. The summed E-state index contributed by atoms with van der Waals surface area (Å²) in [5.41, 5.74) is 0.550. The first-order valence-corrected chi connectivity index (χ1v) is 6.35. The van der Waals surface area contributed by atoms with Crippen LogP contribution in [0.5, 0.6) is 11.5 Å². The van der Waals surface area contributed by atoms with Crippen molar-refractivity contribution in [2.24, 2.45) is 0 Å². The van der Waals surface area contributed by atoms with Crippen LogP contribution in [0, 0.1) is 0 Å². The molecule has 4 heteroatoms. The molecule has 0 spiro atoms. The fourth-order valence-corrected chi connectivity index (χ4v) is 1.90. The molecule has 0 radical (unpaired) electrons. The lowest BCUT2D eigenvalue weighted by Crippen LogP contribution is -2.24. The van der Waals surface area contributed by atoms with E-state index in [1.54, 1.807) is 18.2 Å². The van der Waals surface area contributed by atoms with Crippen molar-refractivity contribution in [3.63, 3.8) is 0 Å². The zero-order chi connectivity index (χ0) is 13.8. The Morgan fingerprint density at radius 3 is 2.47 bits per heavy atom. The molecule has 1 amide bonds. The van der Waals surface area contributed by atoms with Gasteiger partial charge >= 0.3 is 0 Å². The van der Waals surface area contributed by atoms with E-state index in [0.717, 1.165) is 23.6 Å². The Kier molecular flexibility index (Phi) is 3.90. The first-order valence-electron chi connectivity index (χ1n) is 6.35. The van der Waals surface area contributed by atoms with Crippen LogP contribution in [0.1, 0.15) is 30.1 Å². The molecule has 2 aromatic carbocycles. The molecule has 0 saturated carbocycles. The molecule has 2 aromatic rings. The molecule has 0 heterocycles. The molecule has 0 saturated heterocycles. The van der Waals surface area contributed by atoms with Gasteiger partial charge in [0.05, 0.1) is 0 Å². The van der Waals surface area contributed by atoms with Crippen molar-refractivity contribution in [1.82, 2.24) is 5.32 Å². The molecule has 19 heavy (non-hydrogen) atoms. The quantitative estimate of drug-likeness (QED) is 0.584. The van der Waals surface area contributed by atoms with Crippen LogP contribution in [-0.4, -0.2) is 22.7 Å². The summed E-state index contributed by atoms with van der Waals surface area (Å²) in [6.07, 6.45) is 1.99. The lowest BCUT2D eigenvalue weighted by molar-refractivity contribution is 0.0953. The van der Waals surface area contributed by atoms with E-state index in [1.165, 1.54) is 12.1 Å². The minimum absolute atomic E-state index is 0.122. The molecule has 3 N–H and O–H groups in total. The molecule has 4 nitrogen and oxygen atoms in total. The molecule has 0 bridgehead atoms. The maximum atomic E-state index is 11.9. The van der Waals surface area contributed by atoms with Crippen LogP contribution in [0.15, 0.2) is 30.3 Å². The number of rotatable bonds is 4. The molecule has 0 aliphatic rings. The van der Waals surface area contributed by atoms with Crippen LogP contribution >= 0.6 is 0 Å². The van der Waals surface area contributed by atoms with E-state index in [4.69, 9.17) is 0 Å². The highest BCUT2D eigenvalue weighted by molar-refractivity contribution is 5.99. The fraction of sp³-hybridized carbons (Fsp3) is 0.267. The number of phenolic OH excluding ortho intramolecular Hbond substituents is 2. The third-order valence-corrected chi connectivity index (χ3v) is 3.01. The maximum absolute atomic E-state index is 11.9. The Labute approximate surface area is 111 Å². The van der Waals surface area contributed by atoms with Crippen LogP contribution in [0.4, 0.5) is 0 Å². The number of unbranched alkanes of at least 4 members (excludes halogenated alkanes) is 1. The first-order chi connectivity index (χ1) is 9.11. The highest BCUT2D eigenvalue weighted by Gasteiger charge is 2.07. The number of fused-ring (bicyclic) bond motifs is 1. The van der Waals surface area contributed by atoms with Crippen LogP contribution in [0.3, 0.4) is 0 Å². The molecule has 0 atom stereocenters. The van der Waals surface area contributed by atoms with Crippen molar-refractivity contribution >= 4 is 16.7 Å². The van der Waals surface area contributed by atoms with Gasteiger partial charge in [0.2, 0.25) is 0 Å². The van der Waals surface area contributed by atoms with E-state index < -0.39 is 0 Å². The van der Waals surface area contributed by atoms with E-state index in [1.807, 2.05) is 0 Å². The lowest BCUT2D eigenvalue weighted by Gasteiger charge is -2.06. The third kappa shape index (κ3) is 2.96. The average molecular weight is 259 g/mol. The van der Waals surface area contributed by atoms with E-state index in [0.29, 0.717) is 12.1 Å². The van der Waals surface area contributed by atoms with Crippen molar-refractivity contribution in [3.8, 4) is 11.5 Å². The van der Waals surface area contributed by atoms with Gasteiger partial charge in [-0.15, -0.1) is 0 Å². The van der Waals surface area contributed by atoms with E-state index in [2.05, 4.69) is 12.2 Å². The van der Waals surface area contributed by atoms with Crippen molar-refractivity contribution in [2.45, 2.75) is 19.8 Å². The highest BCUT2D eigenvalue weighted by Crippen LogP contribution is 2.30. The minimum Gasteiger partial charge on any atom is -0.504 e. The highest BCUT2D eigenvalue weighted by atomic mass is 16.3. The molecule has 0 unspecified atom stereocenters. The van der Waals surface area contributed by atoms with Gasteiger partial charge < -0.3 is 15.5 Å². The maximum Gasteiger partial charge on any atom is 0.251 e. The van der Waals surface area contributed by atoms with Crippen molar-refractivity contribution in [2.75, 3.05) is 6.54 Å². The number of hydrogen-bond donors (Lipinski definition) is 3. The second-order valence-corrected chi connectivity index (χ2v) is 4.51. The molecule has 2 rings (SSSR count). The SMILES string of the molecule is CCCCNC(=O)c1ccc2cc(O)c(O)cc2c1. The fourth-order valence-electron chi connectivity index (χ4n) is 1.90. The number of phenols is 2. The van der Waals surface area contributed by atoms with Gasteiger partial charge in [0.25, 0.3) is 5.91 Å². The van der Waals surface area contributed by atoms with Gasteiger partial charge in [0.1, 0.15) is 0 Å². The minimum atomic E-state index is -0.184. The molecular weight excluding hydrogens is 242 g/mol. The zero-order valence-electron chi connectivity index (χ0n) is 10.8. The Morgan fingerprint density at radius 1 is 1.11 bits per heavy atom. The lowest BCUT2D eigenvalue weighted by atomic mass is 10.1. The summed E-state index contributed by atoms with van der Waals surface area (Å²) in [6, 6.07) is 8.09. The van der Waals surface area contributed by atoms with E-state index in [9.17, 15) is 15.0 Å². The van der Waals surface area contributed by atoms with E-state index in [-0.39, 0.29) is 17.4 Å². The van der Waals surface area contributed by atoms with Gasteiger partial charge in [0.15, 0.2) is 11.5 Å². The van der Waals surface area contributed by atoms with Gasteiger partial charge in [-0.25, -0.2) is 0 Å². The Bertz CT molecular complexity index is 608. The molecule has 0 aromatic heterocycles. The van der Waals surface area contributed by atoms with Gasteiger partial charge in [-0.1, -0.05) is 19.4 Å². The predicted octanol–water partition coefficient (Wildman–Crippen LogP) is 2.78. The van der Waals surface area contributed by atoms with Gasteiger partial charge in [0, 0.05) is 12.1 Å². The normalized spacial score (nSPS) is 10.6. The second-order valence-electron chi connectivity index (χ2n) is 4.51. The van der Waals surface area contributed by atoms with Crippen molar-refractivity contribution in [3.05, 3.63) is 35.9 Å². The monoisotopic (exact) mass is 259 g/mol. The smallest absolute Gasteiger partial charge is 0.251 e. The second kappa shape index (κ2) is 5.61. The Morgan fingerprint density at radius 2 is 1.79 bits per heavy atom. The molecule has 0 aliphatic carbocycles. The third-order valence-electron chi connectivity index (χ3n) is 3.01. The van der Waals surface area contributed by atoms with Crippen molar-refractivity contribution in [1.29, 1.82) is 0 Å². The van der Waals surface area contributed by atoms with Crippen LogP contribution < -0.4 is 5.32 Å². The van der Waals surface area contributed by atoms with Gasteiger partial charge in [-0.05, 0) is 41.5 Å². The molecule has 100 valence electrons. The molecule has 0 aliphatic heterocycles. The summed E-state index contributed by atoms with van der Waals surface area (Å²) in [5.74, 6) is -0.466. The average Bonchev–Trinajstić information content (AvgIpc) is 2.40. The van der Waals surface area contributed by atoms with Crippen LogP contribution in [0.2, 0.25) is 0 Å². The zero-order valence-corrected chi connectivity index (χ0v) is 10.8. The first kappa shape index (κ1) is 13.2.